The molecule has 1 fully saturated rings. The summed E-state index contributed by atoms with van der Waals surface area (Å²) in [6.07, 6.45) is 1.83. The summed E-state index contributed by atoms with van der Waals surface area (Å²) >= 11 is 0. The highest BCUT2D eigenvalue weighted by molar-refractivity contribution is 7.58. The maximum absolute atomic E-state index is 11.2. The monoisotopic (exact) mass is 163 g/mol. The van der Waals surface area contributed by atoms with Gasteiger partial charge in [0.25, 0.3) is 0 Å². The Kier molecular flexibility index (Phi) is 1.92. The van der Waals surface area contributed by atoms with E-state index in [1.54, 1.807) is 0 Å². The molecule has 1 aliphatic rings. The van der Waals surface area contributed by atoms with Gasteiger partial charge in [0, 0.05) is 6.66 Å². The molecule has 3 nitrogen and oxygen atoms in total. The predicted octanol–water partition coefficient (Wildman–Crippen LogP) is 0.986. The van der Waals surface area contributed by atoms with Crippen molar-refractivity contribution in [2.45, 2.75) is 25.0 Å². The maximum atomic E-state index is 11.2. The van der Waals surface area contributed by atoms with Crippen LogP contribution in [0.1, 0.15) is 19.8 Å². The lowest BCUT2D eigenvalue weighted by molar-refractivity contribution is 0.420. The van der Waals surface area contributed by atoms with Crippen LogP contribution in [0.4, 0.5) is 0 Å². The van der Waals surface area contributed by atoms with Gasteiger partial charge >= 0.3 is 0 Å². The first-order chi connectivity index (χ1) is 4.46. The average Bonchev–Trinajstić information content (AvgIpc) is 2.13. The van der Waals surface area contributed by atoms with E-state index in [1.165, 1.54) is 6.66 Å². The molecule has 0 amide bonds. The zero-order valence-corrected chi connectivity index (χ0v) is 7.32. The summed E-state index contributed by atoms with van der Waals surface area (Å²) in [5, 5.41) is 2.55. The van der Waals surface area contributed by atoms with E-state index in [4.69, 9.17) is 0 Å². The van der Waals surface area contributed by atoms with Gasteiger partial charge in [-0.3, -0.25) is 4.57 Å². The molecule has 1 aliphatic heterocycles. The Morgan fingerprint density at radius 1 is 1.70 bits per heavy atom. The zero-order chi connectivity index (χ0) is 7.83. The smallest absolute Gasteiger partial charge is 0.216 e. The van der Waals surface area contributed by atoms with Crippen LogP contribution in [0.25, 0.3) is 0 Å². The first kappa shape index (κ1) is 8.25. The molecule has 1 saturated heterocycles. The molecule has 0 bridgehead atoms. The van der Waals surface area contributed by atoms with Crippen LogP contribution in [-0.2, 0) is 4.57 Å². The SMILES string of the molecule is CC1(P(C)(=O)O)CCCN1. The van der Waals surface area contributed by atoms with E-state index in [0.29, 0.717) is 0 Å². The van der Waals surface area contributed by atoms with Crippen LogP contribution in [0.15, 0.2) is 0 Å². The fourth-order valence-corrected chi connectivity index (χ4v) is 2.21. The molecular weight excluding hydrogens is 149 g/mol. The minimum atomic E-state index is -2.94. The van der Waals surface area contributed by atoms with Gasteiger partial charge in [-0.05, 0) is 26.3 Å². The molecule has 0 saturated carbocycles. The van der Waals surface area contributed by atoms with E-state index in [-0.39, 0.29) is 0 Å². The Hall–Kier alpha value is 0.150. The number of hydrogen-bond donors (Lipinski definition) is 2. The summed E-state index contributed by atoms with van der Waals surface area (Å²) in [6, 6.07) is 0. The van der Waals surface area contributed by atoms with E-state index < -0.39 is 12.6 Å². The molecule has 0 aromatic rings. The first-order valence-electron chi connectivity index (χ1n) is 3.51. The number of rotatable bonds is 1. The van der Waals surface area contributed by atoms with Crippen LogP contribution < -0.4 is 5.32 Å². The van der Waals surface area contributed by atoms with Crippen molar-refractivity contribution < 1.29 is 9.46 Å². The van der Waals surface area contributed by atoms with Crippen LogP contribution in [0.3, 0.4) is 0 Å². The van der Waals surface area contributed by atoms with Gasteiger partial charge in [-0.2, -0.15) is 0 Å². The van der Waals surface area contributed by atoms with E-state index in [1.807, 2.05) is 6.92 Å². The Morgan fingerprint density at radius 2 is 2.30 bits per heavy atom. The van der Waals surface area contributed by atoms with Gasteiger partial charge in [0.2, 0.25) is 7.37 Å². The minimum absolute atomic E-state index is 0.507. The molecule has 1 heterocycles. The standard InChI is InChI=1S/C6H14NO2P/c1-6(10(2,8)9)4-3-5-7-6/h7H,3-5H2,1-2H3,(H,8,9). The third kappa shape index (κ3) is 1.26. The van der Waals surface area contributed by atoms with Crippen molar-refractivity contribution in [3.63, 3.8) is 0 Å². The van der Waals surface area contributed by atoms with Gasteiger partial charge in [-0.15, -0.1) is 0 Å². The zero-order valence-electron chi connectivity index (χ0n) is 6.42. The second-order valence-electron chi connectivity index (χ2n) is 3.18. The van der Waals surface area contributed by atoms with Gasteiger partial charge in [0.1, 0.15) is 0 Å². The fourth-order valence-electron chi connectivity index (χ4n) is 1.23. The van der Waals surface area contributed by atoms with E-state index in [9.17, 15) is 9.46 Å². The predicted molar refractivity (Wildman–Crippen MR) is 41.4 cm³/mol. The summed E-state index contributed by atoms with van der Waals surface area (Å²) in [5.74, 6) is 0. The minimum Gasteiger partial charge on any atom is -0.343 e. The van der Waals surface area contributed by atoms with Crippen LogP contribution in [0, 0.1) is 0 Å². The van der Waals surface area contributed by atoms with Crippen molar-refractivity contribution in [1.29, 1.82) is 0 Å². The second-order valence-corrected chi connectivity index (χ2v) is 5.93. The number of nitrogens with one attached hydrogen (secondary N) is 1. The molecule has 4 heteroatoms. The van der Waals surface area contributed by atoms with E-state index >= 15 is 0 Å². The fraction of sp³-hybridized carbons (Fsp3) is 1.00. The molecule has 10 heavy (non-hydrogen) atoms. The lowest BCUT2D eigenvalue weighted by Gasteiger charge is -2.27. The Labute approximate surface area is 61.3 Å². The first-order valence-corrected chi connectivity index (χ1v) is 5.62. The summed E-state index contributed by atoms with van der Waals surface area (Å²) < 4.78 is 11.2. The summed E-state index contributed by atoms with van der Waals surface area (Å²) in [5.41, 5.74) is 0. The maximum Gasteiger partial charge on any atom is 0.216 e. The van der Waals surface area contributed by atoms with Crippen molar-refractivity contribution in [2.24, 2.45) is 0 Å². The molecule has 0 aromatic heterocycles. The molecule has 0 aromatic carbocycles. The molecule has 0 aliphatic carbocycles. The molecule has 2 N–H and O–H groups in total. The summed E-state index contributed by atoms with van der Waals surface area (Å²) in [4.78, 5) is 9.27. The Balaban J connectivity index is 2.78. The van der Waals surface area contributed by atoms with Crippen molar-refractivity contribution in [3.05, 3.63) is 0 Å². The molecule has 60 valence electrons. The summed E-state index contributed by atoms with van der Waals surface area (Å²) in [6.45, 7) is 4.11. The van der Waals surface area contributed by atoms with Gasteiger partial charge in [0.05, 0.1) is 5.28 Å². The Bertz CT molecular complexity index is 169. The largest absolute Gasteiger partial charge is 0.343 e. The highest BCUT2D eigenvalue weighted by Crippen LogP contribution is 2.52. The van der Waals surface area contributed by atoms with Gasteiger partial charge in [0.15, 0.2) is 0 Å². The van der Waals surface area contributed by atoms with Crippen LogP contribution in [-0.4, -0.2) is 23.4 Å². The third-order valence-electron chi connectivity index (χ3n) is 2.26. The summed E-state index contributed by atoms with van der Waals surface area (Å²) in [7, 11) is -2.94. The van der Waals surface area contributed by atoms with Crippen LogP contribution >= 0.6 is 7.37 Å². The Morgan fingerprint density at radius 3 is 2.50 bits per heavy atom. The lowest BCUT2D eigenvalue weighted by atomic mass is 10.2. The lowest BCUT2D eigenvalue weighted by Crippen LogP contribution is -2.35. The van der Waals surface area contributed by atoms with E-state index in [2.05, 4.69) is 5.32 Å². The average molecular weight is 163 g/mol. The van der Waals surface area contributed by atoms with Gasteiger partial charge < -0.3 is 10.2 Å². The number of hydrogen-bond acceptors (Lipinski definition) is 2. The highest BCUT2D eigenvalue weighted by Gasteiger charge is 2.41. The van der Waals surface area contributed by atoms with Crippen LogP contribution in [0.2, 0.25) is 0 Å². The normalized spacial score (nSPS) is 39.5. The van der Waals surface area contributed by atoms with Crippen molar-refractivity contribution in [2.75, 3.05) is 13.2 Å². The molecule has 2 unspecified atom stereocenters. The molecular formula is C6H14NO2P. The van der Waals surface area contributed by atoms with Gasteiger partial charge in [-0.1, -0.05) is 0 Å². The molecule has 0 spiro atoms. The van der Waals surface area contributed by atoms with Crippen LogP contribution in [0.5, 0.6) is 0 Å². The van der Waals surface area contributed by atoms with Crippen molar-refractivity contribution >= 4 is 7.37 Å². The molecule has 1 rings (SSSR count). The molecule has 0 radical (unpaired) electrons. The third-order valence-corrected chi connectivity index (χ3v) is 4.48. The van der Waals surface area contributed by atoms with E-state index in [0.717, 1.165) is 19.4 Å². The topological polar surface area (TPSA) is 49.3 Å². The molecule has 2 atom stereocenters. The second kappa shape index (κ2) is 2.33. The highest BCUT2D eigenvalue weighted by atomic mass is 31.2. The quantitative estimate of drug-likeness (QED) is 0.566. The van der Waals surface area contributed by atoms with Gasteiger partial charge in [-0.25, -0.2) is 0 Å². The van der Waals surface area contributed by atoms with Crippen molar-refractivity contribution in [1.82, 2.24) is 5.32 Å². The van der Waals surface area contributed by atoms with Crippen molar-refractivity contribution in [3.8, 4) is 0 Å².